The Labute approximate surface area is 79.2 Å². The molecule has 0 aromatic heterocycles. The second-order valence-electron chi connectivity index (χ2n) is 3.32. The van der Waals surface area contributed by atoms with Gasteiger partial charge >= 0.3 is 5.97 Å². The highest BCUT2D eigenvalue weighted by Gasteiger charge is 2.30. The largest absolute Gasteiger partial charge is 0.468 e. The van der Waals surface area contributed by atoms with E-state index in [0.717, 1.165) is 32.5 Å². The Morgan fingerprint density at radius 2 is 2.46 bits per heavy atom. The van der Waals surface area contributed by atoms with Crippen LogP contribution in [0.4, 0.5) is 0 Å². The van der Waals surface area contributed by atoms with Crippen molar-refractivity contribution >= 4 is 5.97 Å². The zero-order valence-electron chi connectivity index (χ0n) is 8.38. The number of nitrogens with one attached hydrogen (secondary N) is 1. The van der Waals surface area contributed by atoms with E-state index < -0.39 is 0 Å². The smallest absolute Gasteiger partial charge is 0.323 e. The summed E-state index contributed by atoms with van der Waals surface area (Å²) < 4.78 is 4.74. The minimum atomic E-state index is -0.0893. The molecule has 4 heteroatoms. The topological polar surface area (TPSA) is 41.6 Å². The Balaban J connectivity index is 2.39. The van der Waals surface area contributed by atoms with E-state index in [1.54, 1.807) is 0 Å². The van der Waals surface area contributed by atoms with Crippen molar-refractivity contribution < 1.29 is 9.53 Å². The minimum Gasteiger partial charge on any atom is -0.468 e. The Kier molecular flexibility index (Phi) is 4.18. The fourth-order valence-electron chi connectivity index (χ4n) is 1.75. The highest BCUT2D eigenvalue weighted by atomic mass is 16.5. The zero-order chi connectivity index (χ0) is 9.68. The molecule has 1 aliphatic rings. The fourth-order valence-corrected chi connectivity index (χ4v) is 1.75. The molecule has 1 heterocycles. The number of rotatable bonds is 4. The molecule has 0 radical (unpaired) electrons. The lowest BCUT2D eigenvalue weighted by Gasteiger charge is -2.21. The molecule has 0 bridgehead atoms. The number of esters is 1. The average Bonchev–Trinajstić information content (AvgIpc) is 2.61. The number of carbonyl (C=O) groups is 1. The van der Waals surface area contributed by atoms with Crippen LogP contribution in [0.3, 0.4) is 0 Å². The van der Waals surface area contributed by atoms with E-state index in [-0.39, 0.29) is 12.0 Å². The zero-order valence-corrected chi connectivity index (χ0v) is 8.38. The molecule has 4 nitrogen and oxygen atoms in total. The van der Waals surface area contributed by atoms with Crippen molar-refractivity contribution in [3.8, 4) is 0 Å². The number of likely N-dealkylation sites (tertiary alicyclic amines) is 1. The number of ether oxygens (including phenoxy) is 1. The average molecular weight is 186 g/mol. The second kappa shape index (κ2) is 5.19. The van der Waals surface area contributed by atoms with E-state index in [9.17, 15) is 4.79 Å². The van der Waals surface area contributed by atoms with Crippen LogP contribution in [0.25, 0.3) is 0 Å². The van der Waals surface area contributed by atoms with Crippen molar-refractivity contribution in [3.05, 3.63) is 0 Å². The number of methoxy groups -OCH3 is 1. The van der Waals surface area contributed by atoms with Gasteiger partial charge in [0.15, 0.2) is 0 Å². The van der Waals surface area contributed by atoms with Gasteiger partial charge in [0.1, 0.15) is 6.04 Å². The van der Waals surface area contributed by atoms with Crippen molar-refractivity contribution in [1.29, 1.82) is 0 Å². The summed E-state index contributed by atoms with van der Waals surface area (Å²) in [5, 5.41) is 3.08. The summed E-state index contributed by atoms with van der Waals surface area (Å²) >= 11 is 0. The first-order valence-electron chi connectivity index (χ1n) is 4.76. The van der Waals surface area contributed by atoms with Crippen molar-refractivity contribution in [3.63, 3.8) is 0 Å². The van der Waals surface area contributed by atoms with Gasteiger partial charge in [0.05, 0.1) is 7.11 Å². The number of carbonyl (C=O) groups excluding carboxylic acids is 1. The molecule has 1 saturated heterocycles. The van der Waals surface area contributed by atoms with Gasteiger partial charge in [-0.3, -0.25) is 9.69 Å². The predicted octanol–water partition coefficient (Wildman–Crippen LogP) is -0.157. The van der Waals surface area contributed by atoms with Gasteiger partial charge in [0.2, 0.25) is 0 Å². The molecule has 13 heavy (non-hydrogen) atoms. The molecule has 0 saturated carbocycles. The maximum Gasteiger partial charge on any atom is 0.323 e. The molecule has 0 aromatic carbocycles. The molecule has 1 rings (SSSR count). The van der Waals surface area contributed by atoms with Crippen LogP contribution in [0.15, 0.2) is 0 Å². The van der Waals surface area contributed by atoms with Crippen molar-refractivity contribution in [2.45, 2.75) is 18.9 Å². The summed E-state index contributed by atoms with van der Waals surface area (Å²) in [4.78, 5) is 13.5. The van der Waals surface area contributed by atoms with Gasteiger partial charge < -0.3 is 10.1 Å². The van der Waals surface area contributed by atoms with Gasteiger partial charge in [-0.05, 0) is 26.4 Å². The van der Waals surface area contributed by atoms with Gasteiger partial charge in [-0.25, -0.2) is 0 Å². The standard InChI is InChI=1S/C9H18N2O2/c1-10-5-7-11-6-3-4-8(11)9(12)13-2/h8,10H,3-7H2,1-2H3. The number of hydrogen-bond acceptors (Lipinski definition) is 4. The lowest BCUT2D eigenvalue weighted by molar-refractivity contribution is -0.145. The summed E-state index contributed by atoms with van der Waals surface area (Å²) in [6, 6.07) is -0.00153. The van der Waals surface area contributed by atoms with E-state index in [1.807, 2.05) is 7.05 Å². The van der Waals surface area contributed by atoms with E-state index in [2.05, 4.69) is 10.2 Å². The Morgan fingerprint density at radius 3 is 3.08 bits per heavy atom. The molecular formula is C9H18N2O2. The van der Waals surface area contributed by atoms with Crippen molar-refractivity contribution in [1.82, 2.24) is 10.2 Å². The van der Waals surface area contributed by atoms with Crippen molar-refractivity contribution in [2.75, 3.05) is 33.8 Å². The fraction of sp³-hybridized carbons (Fsp3) is 0.889. The van der Waals surface area contributed by atoms with Crippen LogP contribution < -0.4 is 5.32 Å². The van der Waals surface area contributed by atoms with Gasteiger partial charge in [0.25, 0.3) is 0 Å². The summed E-state index contributed by atoms with van der Waals surface area (Å²) in [5.74, 6) is -0.0893. The third kappa shape index (κ3) is 2.67. The Morgan fingerprint density at radius 1 is 1.69 bits per heavy atom. The monoisotopic (exact) mass is 186 g/mol. The van der Waals surface area contributed by atoms with E-state index in [4.69, 9.17) is 4.74 Å². The summed E-state index contributed by atoms with van der Waals surface area (Å²) in [6.07, 6.45) is 2.04. The number of hydrogen-bond donors (Lipinski definition) is 1. The molecule has 0 aliphatic carbocycles. The molecule has 76 valence electrons. The van der Waals surface area contributed by atoms with Crippen LogP contribution in [-0.4, -0.2) is 50.7 Å². The molecule has 1 fully saturated rings. The lowest BCUT2D eigenvalue weighted by Crippen LogP contribution is -2.40. The third-order valence-corrected chi connectivity index (χ3v) is 2.49. The van der Waals surface area contributed by atoms with Crippen LogP contribution >= 0.6 is 0 Å². The van der Waals surface area contributed by atoms with Crippen LogP contribution in [0.5, 0.6) is 0 Å². The molecule has 0 aromatic rings. The number of likely N-dealkylation sites (N-methyl/N-ethyl adjacent to an activating group) is 1. The summed E-state index contributed by atoms with van der Waals surface area (Å²) in [5.41, 5.74) is 0. The highest BCUT2D eigenvalue weighted by Crippen LogP contribution is 2.17. The molecule has 1 N–H and O–H groups in total. The van der Waals surface area contributed by atoms with Gasteiger partial charge in [-0.1, -0.05) is 0 Å². The molecule has 0 spiro atoms. The van der Waals surface area contributed by atoms with E-state index >= 15 is 0 Å². The quantitative estimate of drug-likeness (QED) is 0.620. The first-order chi connectivity index (χ1) is 6.29. The van der Waals surface area contributed by atoms with E-state index in [0.29, 0.717) is 0 Å². The Bertz CT molecular complexity index is 173. The molecule has 0 amide bonds. The SMILES string of the molecule is CNCCN1CCCC1C(=O)OC. The van der Waals surface area contributed by atoms with E-state index in [1.165, 1.54) is 7.11 Å². The maximum atomic E-state index is 11.3. The highest BCUT2D eigenvalue weighted by molar-refractivity contribution is 5.75. The first kappa shape index (κ1) is 10.5. The third-order valence-electron chi connectivity index (χ3n) is 2.49. The second-order valence-corrected chi connectivity index (χ2v) is 3.32. The molecular weight excluding hydrogens is 168 g/mol. The molecule has 1 atom stereocenters. The van der Waals surface area contributed by atoms with Crippen molar-refractivity contribution in [2.24, 2.45) is 0 Å². The first-order valence-corrected chi connectivity index (χ1v) is 4.76. The predicted molar refractivity (Wildman–Crippen MR) is 50.5 cm³/mol. The summed E-state index contributed by atoms with van der Waals surface area (Å²) in [7, 11) is 3.38. The normalized spacial score (nSPS) is 23.4. The molecule has 1 unspecified atom stereocenters. The van der Waals surface area contributed by atoms with Gasteiger partial charge in [-0.2, -0.15) is 0 Å². The maximum absolute atomic E-state index is 11.3. The van der Waals surface area contributed by atoms with Crippen LogP contribution in [0.1, 0.15) is 12.8 Å². The van der Waals surface area contributed by atoms with Crippen LogP contribution in [0, 0.1) is 0 Å². The molecule has 1 aliphatic heterocycles. The lowest BCUT2D eigenvalue weighted by atomic mass is 10.2. The van der Waals surface area contributed by atoms with Gasteiger partial charge in [0, 0.05) is 13.1 Å². The minimum absolute atomic E-state index is 0.00153. The van der Waals surface area contributed by atoms with Crippen LogP contribution in [-0.2, 0) is 9.53 Å². The van der Waals surface area contributed by atoms with Gasteiger partial charge in [-0.15, -0.1) is 0 Å². The Hall–Kier alpha value is -0.610. The van der Waals surface area contributed by atoms with Crippen LogP contribution in [0.2, 0.25) is 0 Å². The summed E-state index contributed by atoms with van der Waals surface area (Å²) in [6.45, 7) is 2.87. The number of nitrogens with zero attached hydrogens (tertiary/aromatic N) is 1.